The van der Waals surface area contributed by atoms with Crippen LogP contribution in [0, 0.1) is 0 Å². The number of urea groups is 1. The molecule has 0 aromatic heterocycles. The van der Waals surface area contributed by atoms with Crippen LogP contribution >= 0.6 is 15.9 Å². The Bertz CT molecular complexity index is 797. The summed E-state index contributed by atoms with van der Waals surface area (Å²) in [4.78, 5) is 26.2. The van der Waals surface area contributed by atoms with Gasteiger partial charge in [-0.25, -0.2) is 4.79 Å². The molecule has 6 heteroatoms. The standard InChI is InChI=1S/C20H21BrN2O3/c1-20(11-10-15-6-3-2-4-7-15)18(24)23(19(25)22-20)12-13-26-17-9-5-8-16(21)14-17/h2-9,14H,10-13H2,1H3,(H,22,25). The third-order valence-corrected chi connectivity index (χ3v) is 4.97. The second-order valence-electron chi connectivity index (χ2n) is 6.51. The zero-order valence-corrected chi connectivity index (χ0v) is 16.2. The second-order valence-corrected chi connectivity index (χ2v) is 7.43. The molecular formula is C20H21BrN2O3. The molecule has 26 heavy (non-hydrogen) atoms. The van der Waals surface area contributed by atoms with Crippen molar-refractivity contribution in [1.29, 1.82) is 0 Å². The molecule has 1 N–H and O–H groups in total. The molecule has 1 saturated heterocycles. The largest absolute Gasteiger partial charge is 0.492 e. The van der Waals surface area contributed by atoms with Crippen molar-refractivity contribution >= 4 is 27.9 Å². The van der Waals surface area contributed by atoms with Gasteiger partial charge in [-0.1, -0.05) is 52.3 Å². The Morgan fingerprint density at radius 3 is 2.62 bits per heavy atom. The second kappa shape index (κ2) is 7.91. The number of aryl methyl sites for hydroxylation is 1. The highest BCUT2D eigenvalue weighted by molar-refractivity contribution is 9.10. The van der Waals surface area contributed by atoms with E-state index < -0.39 is 5.54 Å². The van der Waals surface area contributed by atoms with Gasteiger partial charge in [0.2, 0.25) is 0 Å². The highest BCUT2D eigenvalue weighted by atomic mass is 79.9. The first-order valence-electron chi connectivity index (χ1n) is 8.54. The Morgan fingerprint density at radius 2 is 1.88 bits per heavy atom. The molecule has 0 radical (unpaired) electrons. The molecule has 0 bridgehead atoms. The maximum absolute atomic E-state index is 12.7. The topological polar surface area (TPSA) is 58.6 Å². The molecule has 0 saturated carbocycles. The highest BCUT2D eigenvalue weighted by Crippen LogP contribution is 2.23. The van der Waals surface area contributed by atoms with Crippen molar-refractivity contribution in [1.82, 2.24) is 10.2 Å². The average Bonchev–Trinajstić information content (AvgIpc) is 2.84. The van der Waals surface area contributed by atoms with Gasteiger partial charge >= 0.3 is 6.03 Å². The minimum atomic E-state index is -0.872. The number of hydrogen-bond donors (Lipinski definition) is 1. The number of amides is 3. The van der Waals surface area contributed by atoms with Crippen molar-refractivity contribution in [2.75, 3.05) is 13.2 Å². The smallest absolute Gasteiger partial charge is 0.325 e. The van der Waals surface area contributed by atoms with Crippen LogP contribution in [0.4, 0.5) is 4.79 Å². The van der Waals surface area contributed by atoms with E-state index in [0.717, 1.165) is 16.5 Å². The van der Waals surface area contributed by atoms with E-state index in [9.17, 15) is 9.59 Å². The lowest BCUT2D eigenvalue weighted by Gasteiger charge is -2.21. The molecule has 0 aliphatic carbocycles. The van der Waals surface area contributed by atoms with E-state index in [-0.39, 0.29) is 25.1 Å². The molecule has 2 aromatic carbocycles. The lowest BCUT2D eigenvalue weighted by atomic mass is 9.93. The van der Waals surface area contributed by atoms with Crippen LogP contribution in [-0.4, -0.2) is 35.5 Å². The third-order valence-electron chi connectivity index (χ3n) is 4.48. The van der Waals surface area contributed by atoms with Crippen LogP contribution in [0.5, 0.6) is 5.75 Å². The van der Waals surface area contributed by atoms with Gasteiger partial charge in [0.05, 0.1) is 6.54 Å². The zero-order valence-electron chi connectivity index (χ0n) is 14.6. The number of hydrogen-bond acceptors (Lipinski definition) is 3. The molecule has 0 spiro atoms. The number of rotatable bonds is 7. The molecule has 1 atom stereocenters. The van der Waals surface area contributed by atoms with Gasteiger partial charge < -0.3 is 10.1 Å². The summed E-state index contributed by atoms with van der Waals surface area (Å²) < 4.78 is 6.55. The van der Waals surface area contributed by atoms with Gasteiger partial charge in [0.25, 0.3) is 5.91 Å². The summed E-state index contributed by atoms with van der Waals surface area (Å²) in [5.41, 5.74) is 0.273. The number of nitrogens with one attached hydrogen (secondary N) is 1. The Balaban J connectivity index is 1.55. The Hall–Kier alpha value is -2.34. The molecule has 1 aliphatic heterocycles. The summed E-state index contributed by atoms with van der Waals surface area (Å²) in [5, 5.41) is 2.83. The normalized spacial score (nSPS) is 19.5. The summed E-state index contributed by atoms with van der Waals surface area (Å²) in [6.45, 7) is 2.26. The van der Waals surface area contributed by atoms with E-state index in [1.165, 1.54) is 4.90 Å². The number of benzene rings is 2. The average molecular weight is 417 g/mol. The van der Waals surface area contributed by atoms with Gasteiger partial charge in [0, 0.05) is 4.47 Å². The zero-order chi connectivity index (χ0) is 18.6. The number of halogens is 1. The number of nitrogens with zero attached hydrogens (tertiary/aromatic N) is 1. The maximum atomic E-state index is 12.7. The minimum Gasteiger partial charge on any atom is -0.492 e. The molecule has 2 aromatic rings. The van der Waals surface area contributed by atoms with Crippen LogP contribution in [0.1, 0.15) is 18.9 Å². The molecule has 1 fully saturated rings. The number of carbonyl (C=O) groups excluding carboxylic acids is 2. The minimum absolute atomic E-state index is 0.198. The Morgan fingerprint density at radius 1 is 1.12 bits per heavy atom. The maximum Gasteiger partial charge on any atom is 0.325 e. The van der Waals surface area contributed by atoms with Gasteiger partial charge in [0.15, 0.2) is 0 Å². The van der Waals surface area contributed by atoms with Gasteiger partial charge in [-0.05, 0) is 43.5 Å². The highest BCUT2D eigenvalue weighted by Gasteiger charge is 2.47. The first-order chi connectivity index (χ1) is 12.5. The van der Waals surface area contributed by atoms with E-state index in [1.807, 2.05) is 54.6 Å². The molecule has 5 nitrogen and oxygen atoms in total. The number of ether oxygens (including phenoxy) is 1. The van der Waals surface area contributed by atoms with Gasteiger partial charge in [-0.3, -0.25) is 9.69 Å². The fourth-order valence-corrected chi connectivity index (χ4v) is 3.35. The first-order valence-corrected chi connectivity index (χ1v) is 9.34. The van der Waals surface area contributed by atoms with Crippen molar-refractivity contribution in [2.24, 2.45) is 0 Å². The van der Waals surface area contributed by atoms with E-state index in [4.69, 9.17) is 4.74 Å². The van der Waals surface area contributed by atoms with Crippen molar-refractivity contribution < 1.29 is 14.3 Å². The van der Waals surface area contributed by atoms with Crippen molar-refractivity contribution in [3.05, 3.63) is 64.6 Å². The fourth-order valence-electron chi connectivity index (χ4n) is 2.97. The Labute approximate surface area is 161 Å². The van der Waals surface area contributed by atoms with Crippen LogP contribution in [0.25, 0.3) is 0 Å². The number of imide groups is 1. The Kier molecular flexibility index (Phi) is 5.61. The number of carbonyl (C=O) groups is 2. The molecule has 1 aliphatic rings. The van der Waals surface area contributed by atoms with E-state index in [0.29, 0.717) is 12.2 Å². The quantitative estimate of drug-likeness (QED) is 0.698. The molecule has 1 unspecified atom stereocenters. The summed E-state index contributed by atoms with van der Waals surface area (Å²) in [5.74, 6) is 0.495. The van der Waals surface area contributed by atoms with Crippen LogP contribution in [0.3, 0.4) is 0 Å². The summed E-state index contributed by atoms with van der Waals surface area (Å²) in [7, 11) is 0. The predicted molar refractivity (Wildman–Crippen MR) is 103 cm³/mol. The van der Waals surface area contributed by atoms with Crippen molar-refractivity contribution in [2.45, 2.75) is 25.3 Å². The van der Waals surface area contributed by atoms with Crippen molar-refractivity contribution in [3.63, 3.8) is 0 Å². The molecule has 1 heterocycles. The predicted octanol–water partition coefficient (Wildman–Crippen LogP) is 3.77. The van der Waals surface area contributed by atoms with Crippen molar-refractivity contribution in [3.8, 4) is 5.75 Å². The lowest BCUT2D eigenvalue weighted by Crippen LogP contribution is -2.44. The molecular weight excluding hydrogens is 396 g/mol. The van der Waals surface area contributed by atoms with Gasteiger partial charge in [0.1, 0.15) is 17.9 Å². The van der Waals surface area contributed by atoms with Crippen LogP contribution < -0.4 is 10.1 Å². The first kappa shape index (κ1) is 18.5. The van der Waals surface area contributed by atoms with Gasteiger partial charge in [-0.15, -0.1) is 0 Å². The third kappa shape index (κ3) is 4.25. The summed E-state index contributed by atoms with van der Waals surface area (Å²) >= 11 is 3.38. The SMILES string of the molecule is CC1(CCc2ccccc2)NC(=O)N(CCOc2cccc(Br)c2)C1=O. The van der Waals surface area contributed by atoms with E-state index in [1.54, 1.807) is 6.92 Å². The molecule has 136 valence electrons. The van der Waals surface area contributed by atoms with Gasteiger partial charge in [-0.2, -0.15) is 0 Å². The van der Waals surface area contributed by atoms with Crippen LogP contribution in [0.15, 0.2) is 59.1 Å². The summed E-state index contributed by atoms with van der Waals surface area (Å²) in [6, 6.07) is 17.0. The van der Waals surface area contributed by atoms with Crippen LogP contribution in [0.2, 0.25) is 0 Å². The summed E-state index contributed by atoms with van der Waals surface area (Å²) in [6.07, 6.45) is 1.29. The monoisotopic (exact) mass is 416 g/mol. The van der Waals surface area contributed by atoms with E-state index >= 15 is 0 Å². The van der Waals surface area contributed by atoms with E-state index in [2.05, 4.69) is 21.2 Å². The lowest BCUT2D eigenvalue weighted by molar-refractivity contribution is -0.131. The fraction of sp³-hybridized carbons (Fsp3) is 0.300. The van der Waals surface area contributed by atoms with Crippen LogP contribution in [-0.2, 0) is 11.2 Å². The molecule has 3 amide bonds. The molecule has 3 rings (SSSR count).